The van der Waals surface area contributed by atoms with Crippen LogP contribution in [-0.4, -0.2) is 12.6 Å². The Morgan fingerprint density at radius 2 is 2.15 bits per heavy atom. The molecule has 0 amide bonds. The summed E-state index contributed by atoms with van der Waals surface area (Å²) < 4.78 is 11.8. The van der Waals surface area contributed by atoms with Crippen molar-refractivity contribution in [3.63, 3.8) is 0 Å². The Morgan fingerprint density at radius 3 is 2.95 bits per heavy atom. The zero-order chi connectivity index (χ0) is 13.8. The molecule has 1 aromatic carbocycles. The highest BCUT2D eigenvalue weighted by molar-refractivity contribution is 5.82. The van der Waals surface area contributed by atoms with Crippen LogP contribution in [0.1, 0.15) is 43.9 Å². The number of unbranched alkanes of at least 4 members (excludes halogenated alkanes) is 1. The molecular weight excluding hydrogens is 250 g/mol. The third-order valence-corrected chi connectivity index (χ3v) is 3.80. The number of hydrogen-bond acceptors (Lipinski definition) is 3. The van der Waals surface area contributed by atoms with E-state index in [2.05, 4.69) is 24.4 Å². The van der Waals surface area contributed by atoms with Gasteiger partial charge in [0.2, 0.25) is 0 Å². The lowest BCUT2D eigenvalue weighted by Gasteiger charge is -2.05. The molecule has 0 radical (unpaired) electrons. The average Bonchev–Trinajstić information content (AvgIpc) is 3.23. The van der Waals surface area contributed by atoms with Gasteiger partial charge >= 0.3 is 0 Å². The first kappa shape index (κ1) is 13.7. The van der Waals surface area contributed by atoms with Crippen LogP contribution in [-0.2, 0) is 17.9 Å². The van der Waals surface area contributed by atoms with Crippen LogP contribution in [0.3, 0.4) is 0 Å². The summed E-state index contributed by atoms with van der Waals surface area (Å²) in [5.41, 5.74) is 2.18. The first-order valence-corrected chi connectivity index (χ1v) is 7.69. The Morgan fingerprint density at radius 1 is 1.30 bits per heavy atom. The zero-order valence-corrected chi connectivity index (χ0v) is 12.2. The van der Waals surface area contributed by atoms with Crippen LogP contribution in [0.25, 0.3) is 11.0 Å². The van der Waals surface area contributed by atoms with Gasteiger partial charge in [0.25, 0.3) is 0 Å². The van der Waals surface area contributed by atoms with Crippen molar-refractivity contribution < 1.29 is 9.15 Å². The summed E-state index contributed by atoms with van der Waals surface area (Å²) in [6.07, 6.45) is 4.87. The summed E-state index contributed by atoms with van der Waals surface area (Å²) in [5.74, 6) is 1.04. The molecule has 1 saturated carbocycles. The van der Waals surface area contributed by atoms with E-state index in [1.807, 2.05) is 12.1 Å². The Hall–Kier alpha value is -1.32. The highest BCUT2D eigenvalue weighted by Crippen LogP contribution is 2.28. The number of rotatable bonds is 8. The van der Waals surface area contributed by atoms with E-state index >= 15 is 0 Å². The van der Waals surface area contributed by atoms with Crippen LogP contribution < -0.4 is 5.32 Å². The summed E-state index contributed by atoms with van der Waals surface area (Å²) in [4.78, 5) is 0. The molecule has 0 unspecified atom stereocenters. The van der Waals surface area contributed by atoms with Crippen molar-refractivity contribution in [1.82, 2.24) is 5.32 Å². The molecule has 0 atom stereocenters. The summed E-state index contributed by atoms with van der Waals surface area (Å²) in [6.45, 7) is 4.47. The Labute approximate surface area is 120 Å². The normalized spacial score (nSPS) is 15.1. The van der Waals surface area contributed by atoms with Crippen LogP contribution in [0.5, 0.6) is 0 Å². The van der Waals surface area contributed by atoms with Gasteiger partial charge in [0, 0.05) is 23.6 Å². The maximum atomic E-state index is 5.99. The molecule has 0 aliphatic heterocycles. The number of hydrogen-bond donors (Lipinski definition) is 1. The topological polar surface area (TPSA) is 34.4 Å². The molecule has 3 rings (SSSR count). The van der Waals surface area contributed by atoms with Gasteiger partial charge in [-0.15, -0.1) is 0 Å². The number of benzene rings is 1. The molecule has 1 fully saturated rings. The van der Waals surface area contributed by atoms with E-state index in [0.29, 0.717) is 12.6 Å². The molecule has 108 valence electrons. The molecule has 0 saturated heterocycles. The van der Waals surface area contributed by atoms with E-state index in [-0.39, 0.29) is 0 Å². The second kappa shape index (κ2) is 6.42. The van der Waals surface area contributed by atoms with Crippen molar-refractivity contribution in [3.8, 4) is 0 Å². The Bertz CT molecular complexity index is 557. The van der Waals surface area contributed by atoms with E-state index in [1.54, 1.807) is 0 Å². The maximum absolute atomic E-state index is 5.99. The summed E-state index contributed by atoms with van der Waals surface area (Å²) in [7, 11) is 0. The predicted molar refractivity (Wildman–Crippen MR) is 80.6 cm³/mol. The van der Waals surface area contributed by atoms with Gasteiger partial charge in [0.1, 0.15) is 11.3 Å². The minimum atomic E-state index is 0.651. The van der Waals surface area contributed by atoms with Crippen molar-refractivity contribution in [3.05, 3.63) is 35.6 Å². The molecule has 1 aliphatic rings. The number of ether oxygens (including phenoxy) is 1. The number of nitrogens with one attached hydrogen (secondary N) is 1. The van der Waals surface area contributed by atoms with Gasteiger partial charge in [-0.2, -0.15) is 0 Å². The Balaban J connectivity index is 1.75. The predicted octanol–water partition coefficient (Wildman–Crippen LogP) is 4.00. The second-order valence-electron chi connectivity index (χ2n) is 5.56. The van der Waals surface area contributed by atoms with E-state index < -0.39 is 0 Å². The molecule has 1 N–H and O–H groups in total. The molecule has 3 heteroatoms. The lowest BCUT2D eigenvalue weighted by Crippen LogP contribution is -2.16. The van der Waals surface area contributed by atoms with Gasteiger partial charge in [0.15, 0.2) is 0 Å². The fourth-order valence-corrected chi connectivity index (χ4v) is 2.40. The van der Waals surface area contributed by atoms with Crippen molar-refractivity contribution in [2.24, 2.45) is 0 Å². The minimum absolute atomic E-state index is 0.651. The van der Waals surface area contributed by atoms with Crippen molar-refractivity contribution in [2.45, 2.75) is 51.8 Å². The third kappa shape index (κ3) is 3.22. The van der Waals surface area contributed by atoms with Gasteiger partial charge < -0.3 is 14.5 Å². The maximum Gasteiger partial charge on any atom is 0.134 e. The smallest absolute Gasteiger partial charge is 0.134 e. The molecule has 0 spiro atoms. The largest absolute Gasteiger partial charge is 0.459 e. The van der Waals surface area contributed by atoms with Crippen LogP contribution in [0.15, 0.2) is 28.7 Å². The molecule has 1 heterocycles. The minimum Gasteiger partial charge on any atom is -0.459 e. The highest BCUT2D eigenvalue weighted by atomic mass is 16.5. The van der Waals surface area contributed by atoms with Gasteiger partial charge in [-0.3, -0.25) is 0 Å². The monoisotopic (exact) mass is 273 g/mol. The van der Waals surface area contributed by atoms with E-state index in [0.717, 1.165) is 30.9 Å². The fraction of sp³-hybridized carbons (Fsp3) is 0.529. The van der Waals surface area contributed by atoms with Crippen LogP contribution >= 0.6 is 0 Å². The summed E-state index contributed by atoms with van der Waals surface area (Å²) in [5, 5.41) is 4.72. The molecule has 1 aliphatic carbocycles. The number of para-hydroxylation sites is 1. The standard InChI is InChI=1S/C17H23NO2/c1-2-3-10-19-12-15-14-6-4-5-7-16(14)20-17(15)11-18-13-8-9-13/h4-7,13,18H,2-3,8-12H2,1H3. The third-order valence-electron chi connectivity index (χ3n) is 3.80. The molecule has 3 nitrogen and oxygen atoms in total. The quantitative estimate of drug-likeness (QED) is 0.738. The van der Waals surface area contributed by atoms with Crippen molar-refractivity contribution in [1.29, 1.82) is 0 Å². The van der Waals surface area contributed by atoms with Crippen LogP contribution in [0.4, 0.5) is 0 Å². The molecule has 0 bridgehead atoms. The number of fused-ring (bicyclic) bond motifs is 1. The lowest BCUT2D eigenvalue weighted by molar-refractivity contribution is 0.117. The number of furan rings is 1. The lowest BCUT2D eigenvalue weighted by atomic mass is 10.1. The van der Waals surface area contributed by atoms with Gasteiger partial charge in [-0.05, 0) is 25.3 Å². The van der Waals surface area contributed by atoms with Crippen LogP contribution in [0.2, 0.25) is 0 Å². The highest BCUT2D eigenvalue weighted by Gasteiger charge is 2.22. The Kier molecular flexibility index (Phi) is 4.38. The molecular formula is C17H23NO2. The molecule has 2 aromatic rings. The second-order valence-corrected chi connectivity index (χ2v) is 5.56. The zero-order valence-electron chi connectivity index (χ0n) is 12.2. The van der Waals surface area contributed by atoms with Gasteiger partial charge in [-0.1, -0.05) is 31.5 Å². The first-order valence-electron chi connectivity index (χ1n) is 7.69. The summed E-state index contributed by atoms with van der Waals surface area (Å²) in [6, 6.07) is 8.93. The van der Waals surface area contributed by atoms with E-state index in [4.69, 9.17) is 9.15 Å². The van der Waals surface area contributed by atoms with E-state index in [9.17, 15) is 0 Å². The van der Waals surface area contributed by atoms with Gasteiger partial charge in [-0.25, -0.2) is 0 Å². The summed E-state index contributed by atoms with van der Waals surface area (Å²) >= 11 is 0. The van der Waals surface area contributed by atoms with Crippen LogP contribution in [0, 0.1) is 0 Å². The molecule has 1 aromatic heterocycles. The average molecular weight is 273 g/mol. The van der Waals surface area contributed by atoms with Gasteiger partial charge in [0.05, 0.1) is 13.2 Å². The molecule has 20 heavy (non-hydrogen) atoms. The van der Waals surface area contributed by atoms with Crippen molar-refractivity contribution in [2.75, 3.05) is 6.61 Å². The SMILES string of the molecule is CCCCOCc1c(CNC2CC2)oc2ccccc12. The first-order chi connectivity index (χ1) is 9.88. The van der Waals surface area contributed by atoms with Crippen molar-refractivity contribution >= 4 is 11.0 Å². The fourth-order valence-electron chi connectivity index (χ4n) is 2.40. The van der Waals surface area contributed by atoms with E-state index in [1.165, 1.54) is 30.2 Å².